The van der Waals surface area contributed by atoms with Crippen LogP contribution in [-0.2, 0) is 16.4 Å². The fourth-order valence-corrected chi connectivity index (χ4v) is 4.36. The van der Waals surface area contributed by atoms with Crippen LogP contribution in [0.3, 0.4) is 0 Å². The third-order valence-electron chi connectivity index (χ3n) is 5.32. The van der Waals surface area contributed by atoms with Crippen molar-refractivity contribution in [3.8, 4) is 11.3 Å². The first-order chi connectivity index (χ1) is 14.8. The molecular weight excluding hydrogens is 430 g/mol. The lowest BCUT2D eigenvalue weighted by molar-refractivity contribution is 0.0958. The van der Waals surface area contributed by atoms with Gasteiger partial charge in [-0.15, -0.1) is 0 Å². The highest BCUT2D eigenvalue weighted by Crippen LogP contribution is 2.32. The van der Waals surface area contributed by atoms with Gasteiger partial charge in [0.15, 0.2) is 0 Å². The van der Waals surface area contributed by atoms with Crippen molar-refractivity contribution in [1.29, 1.82) is 0 Å². The SMILES string of the molecule is CC1NC(=O)c2cc(-c3cccc4c(=O)n(CCS(C)(=O)=O)c(NC(C)(C)C)nc34)[nH]c21. The second-order valence-electron chi connectivity index (χ2n) is 9.30. The largest absolute Gasteiger partial charge is 0.356 e. The molecule has 9 nitrogen and oxygen atoms in total. The van der Waals surface area contributed by atoms with Crippen LogP contribution >= 0.6 is 0 Å². The summed E-state index contributed by atoms with van der Waals surface area (Å²) in [7, 11) is -3.27. The number of sulfone groups is 1. The number of nitrogens with one attached hydrogen (secondary N) is 3. The van der Waals surface area contributed by atoms with Gasteiger partial charge in [-0.05, 0) is 39.8 Å². The van der Waals surface area contributed by atoms with E-state index in [2.05, 4.69) is 15.6 Å². The summed E-state index contributed by atoms with van der Waals surface area (Å²) < 4.78 is 24.9. The van der Waals surface area contributed by atoms with Crippen molar-refractivity contribution in [3.05, 3.63) is 45.9 Å². The number of carbonyl (C=O) groups excluding carboxylic acids is 1. The summed E-state index contributed by atoms with van der Waals surface area (Å²) in [5.74, 6) is -0.00711. The molecule has 0 aliphatic carbocycles. The van der Waals surface area contributed by atoms with Crippen LogP contribution in [0.5, 0.6) is 0 Å². The van der Waals surface area contributed by atoms with Gasteiger partial charge < -0.3 is 15.6 Å². The third kappa shape index (κ3) is 4.14. The van der Waals surface area contributed by atoms with Crippen molar-refractivity contribution in [3.63, 3.8) is 0 Å². The minimum Gasteiger partial charge on any atom is -0.356 e. The molecule has 1 amide bonds. The van der Waals surface area contributed by atoms with Crippen LogP contribution in [0.25, 0.3) is 22.2 Å². The lowest BCUT2D eigenvalue weighted by Gasteiger charge is -2.24. The number of hydrogen-bond acceptors (Lipinski definition) is 6. The summed E-state index contributed by atoms with van der Waals surface area (Å²) >= 11 is 0. The van der Waals surface area contributed by atoms with Crippen molar-refractivity contribution in [2.24, 2.45) is 0 Å². The monoisotopic (exact) mass is 457 g/mol. The van der Waals surface area contributed by atoms with Crippen LogP contribution in [0.15, 0.2) is 29.1 Å². The molecule has 1 unspecified atom stereocenters. The quantitative estimate of drug-likeness (QED) is 0.540. The number of para-hydroxylation sites is 1. The number of aromatic nitrogens is 3. The summed E-state index contributed by atoms with van der Waals surface area (Å²) in [6, 6.07) is 6.93. The van der Waals surface area contributed by atoms with Crippen LogP contribution in [0.4, 0.5) is 5.95 Å². The smallest absolute Gasteiger partial charge is 0.262 e. The van der Waals surface area contributed by atoms with Crippen molar-refractivity contribution < 1.29 is 13.2 Å². The Kier molecular flexibility index (Phi) is 5.15. The molecule has 1 atom stereocenters. The molecular formula is C22H27N5O4S. The van der Waals surface area contributed by atoms with Gasteiger partial charge in [0.1, 0.15) is 9.84 Å². The number of hydrogen-bond donors (Lipinski definition) is 3. The van der Waals surface area contributed by atoms with Crippen LogP contribution in [0, 0.1) is 0 Å². The zero-order chi connectivity index (χ0) is 23.4. The second-order valence-corrected chi connectivity index (χ2v) is 11.6. The Morgan fingerprint density at radius 1 is 1.19 bits per heavy atom. The van der Waals surface area contributed by atoms with Gasteiger partial charge in [-0.1, -0.05) is 12.1 Å². The Morgan fingerprint density at radius 3 is 2.53 bits per heavy atom. The Labute approximate surface area is 186 Å². The topological polar surface area (TPSA) is 126 Å². The van der Waals surface area contributed by atoms with Gasteiger partial charge in [-0.2, -0.15) is 0 Å². The van der Waals surface area contributed by atoms with Crippen LogP contribution < -0.4 is 16.2 Å². The lowest BCUT2D eigenvalue weighted by Crippen LogP contribution is -2.34. The zero-order valence-corrected chi connectivity index (χ0v) is 19.6. The molecule has 10 heteroatoms. The maximum absolute atomic E-state index is 13.4. The summed E-state index contributed by atoms with van der Waals surface area (Å²) in [5, 5.41) is 6.47. The van der Waals surface area contributed by atoms with E-state index < -0.39 is 15.4 Å². The van der Waals surface area contributed by atoms with Crippen molar-refractivity contribution in [1.82, 2.24) is 19.9 Å². The summed E-state index contributed by atoms with van der Waals surface area (Å²) in [4.78, 5) is 33.6. The first-order valence-corrected chi connectivity index (χ1v) is 12.4. The first kappa shape index (κ1) is 22.1. The highest BCUT2D eigenvalue weighted by molar-refractivity contribution is 7.90. The Bertz CT molecular complexity index is 1400. The number of nitrogens with zero attached hydrogens (tertiary/aromatic N) is 2. The number of rotatable bonds is 5. The number of H-pyrrole nitrogens is 1. The average molecular weight is 458 g/mol. The lowest BCUT2D eigenvalue weighted by atomic mass is 10.1. The number of fused-ring (bicyclic) bond motifs is 2. The predicted octanol–water partition coefficient (Wildman–Crippen LogP) is 2.45. The molecule has 170 valence electrons. The van der Waals surface area contributed by atoms with Crippen molar-refractivity contribution in [2.45, 2.75) is 45.8 Å². The molecule has 0 saturated heterocycles. The number of anilines is 1. The second kappa shape index (κ2) is 7.47. The van der Waals surface area contributed by atoms with Gasteiger partial charge in [0.25, 0.3) is 11.5 Å². The summed E-state index contributed by atoms with van der Waals surface area (Å²) in [5.41, 5.74) is 2.53. The number of benzene rings is 1. The van der Waals surface area contributed by atoms with Crippen molar-refractivity contribution >= 4 is 32.6 Å². The van der Waals surface area contributed by atoms with Gasteiger partial charge in [0.2, 0.25) is 5.95 Å². The first-order valence-electron chi connectivity index (χ1n) is 10.4. The minimum atomic E-state index is -3.27. The Morgan fingerprint density at radius 2 is 1.91 bits per heavy atom. The molecule has 0 saturated carbocycles. The van der Waals surface area contributed by atoms with E-state index in [1.807, 2.05) is 33.8 Å². The summed E-state index contributed by atoms with van der Waals surface area (Å²) in [6.07, 6.45) is 1.14. The molecule has 1 aliphatic rings. The molecule has 0 fully saturated rings. The minimum absolute atomic E-state index is 0.00225. The standard InChI is InChI=1S/C22H27N5O4S/c1-12-17-15(19(28)23-12)11-16(24-17)13-7-6-8-14-18(13)25-21(26-22(2,3)4)27(20(14)29)9-10-32(5,30)31/h6-8,11-12,24H,9-10H2,1-5H3,(H,23,28)(H,25,26). The molecule has 3 aromatic rings. The van der Waals surface area contributed by atoms with E-state index in [0.717, 1.165) is 11.9 Å². The predicted molar refractivity (Wildman–Crippen MR) is 125 cm³/mol. The average Bonchev–Trinajstić information content (AvgIpc) is 3.20. The van der Waals surface area contributed by atoms with E-state index in [-0.39, 0.29) is 29.8 Å². The molecule has 4 rings (SSSR count). The Hall–Kier alpha value is -3.14. The van der Waals surface area contributed by atoms with Crippen molar-refractivity contribution in [2.75, 3.05) is 17.3 Å². The highest BCUT2D eigenvalue weighted by Gasteiger charge is 2.29. The normalized spacial score (nSPS) is 16.3. The molecule has 0 radical (unpaired) electrons. The molecule has 1 aromatic carbocycles. The van der Waals surface area contributed by atoms with E-state index in [1.165, 1.54) is 4.57 Å². The maximum atomic E-state index is 13.4. The van der Waals surface area contributed by atoms with Gasteiger partial charge in [-0.3, -0.25) is 14.2 Å². The molecule has 32 heavy (non-hydrogen) atoms. The summed E-state index contributed by atoms with van der Waals surface area (Å²) in [6.45, 7) is 7.71. The molecule has 1 aliphatic heterocycles. The van der Waals surface area contributed by atoms with E-state index in [4.69, 9.17) is 4.98 Å². The Balaban J connectivity index is 1.92. The number of carbonyl (C=O) groups is 1. The van der Waals surface area contributed by atoms with E-state index in [1.54, 1.807) is 18.2 Å². The van der Waals surface area contributed by atoms with Crippen LogP contribution in [0.1, 0.15) is 49.8 Å². The highest BCUT2D eigenvalue weighted by atomic mass is 32.2. The fourth-order valence-electron chi connectivity index (χ4n) is 3.85. The van der Waals surface area contributed by atoms with Gasteiger partial charge in [-0.25, -0.2) is 13.4 Å². The molecule has 2 aromatic heterocycles. The van der Waals surface area contributed by atoms with E-state index in [9.17, 15) is 18.0 Å². The van der Waals surface area contributed by atoms with E-state index in [0.29, 0.717) is 33.7 Å². The molecule has 3 heterocycles. The zero-order valence-electron chi connectivity index (χ0n) is 18.7. The van der Waals surface area contributed by atoms with Crippen LogP contribution in [0.2, 0.25) is 0 Å². The number of amides is 1. The van der Waals surface area contributed by atoms with Crippen LogP contribution in [-0.4, -0.2) is 46.4 Å². The number of aromatic amines is 1. The molecule has 0 bridgehead atoms. The third-order valence-corrected chi connectivity index (χ3v) is 6.25. The maximum Gasteiger partial charge on any atom is 0.262 e. The fraction of sp³-hybridized carbons (Fsp3) is 0.409. The van der Waals surface area contributed by atoms with Gasteiger partial charge in [0, 0.05) is 29.6 Å². The van der Waals surface area contributed by atoms with Gasteiger partial charge >= 0.3 is 0 Å². The van der Waals surface area contributed by atoms with Gasteiger partial charge in [0.05, 0.1) is 34.0 Å². The molecule has 0 spiro atoms. The molecule has 3 N–H and O–H groups in total. The van der Waals surface area contributed by atoms with E-state index >= 15 is 0 Å².